The summed E-state index contributed by atoms with van der Waals surface area (Å²) in [7, 11) is 0. The maximum atomic E-state index is 11.6. The van der Waals surface area contributed by atoms with E-state index in [1.54, 1.807) is 0 Å². The number of hydrogen-bond donors (Lipinski definition) is 2. The Morgan fingerprint density at radius 2 is 1.36 bits per heavy atom. The van der Waals surface area contributed by atoms with Gasteiger partial charge in [0.1, 0.15) is 0 Å². The summed E-state index contributed by atoms with van der Waals surface area (Å²) >= 11 is 0. The summed E-state index contributed by atoms with van der Waals surface area (Å²) in [6.07, 6.45) is 22.1. The molecule has 25 heavy (non-hydrogen) atoms. The van der Waals surface area contributed by atoms with Crippen molar-refractivity contribution in [2.75, 3.05) is 6.54 Å². The third kappa shape index (κ3) is 19.3. The minimum absolute atomic E-state index is 0.0742. The van der Waals surface area contributed by atoms with Crippen molar-refractivity contribution in [3.63, 3.8) is 0 Å². The molecule has 1 atom stereocenters. The van der Waals surface area contributed by atoms with Crippen LogP contribution in [0.15, 0.2) is 12.2 Å². The standard InChI is InChI=1S/C22H43NO2/c1-3-5-6-7-8-9-10-11-12-13-14-15-16-17-18-19-22(25)23-20-21(24)4-2/h11-12,21,24H,3-10,13-20H2,1-2H3,(H,23,25)/b12-11-. The van der Waals surface area contributed by atoms with Crippen LogP contribution in [0.3, 0.4) is 0 Å². The van der Waals surface area contributed by atoms with Crippen LogP contribution in [0.1, 0.15) is 110 Å². The maximum absolute atomic E-state index is 11.6. The van der Waals surface area contributed by atoms with Crippen LogP contribution in [0.2, 0.25) is 0 Å². The number of aliphatic hydroxyl groups is 1. The lowest BCUT2D eigenvalue weighted by Crippen LogP contribution is -2.31. The largest absolute Gasteiger partial charge is 0.391 e. The van der Waals surface area contributed by atoms with Crippen molar-refractivity contribution in [2.24, 2.45) is 0 Å². The summed E-state index contributed by atoms with van der Waals surface area (Å²) in [5, 5.41) is 12.2. The number of allylic oxidation sites excluding steroid dienone is 2. The van der Waals surface area contributed by atoms with Crippen LogP contribution < -0.4 is 5.32 Å². The Bertz CT molecular complexity index is 315. The predicted molar refractivity (Wildman–Crippen MR) is 109 cm³/mol. The molecule has 0 aromatic carbocycles. The third-order valence-electron chi connectivity index (χ3n) is 4.67. The molecule has 0 aromatic rings. The second-order valence-corrected chi connectivity index (χ2v) is 7.20. The summed E-state index contributed by atoms with van der Waals surface area (Å²) in [4.78, 5) is 11.6. The minimum atomic E-state index is -0.405. The van der Waals surface area contributed by atoms with Crippen molar-refractivity contribution in [1.82, 2.24) is 5.32 Å². The third-order valence-corrected chi connectivity index (χ3v) is 4.67. The van der Waals surface area contributed by atoms with Gasteiger partial charge in [0.2, 0.25) is 5.91 Å². The zero-order valence-electron chi connectivity index (χ0n) is 16.9. The Morgan fingerprint density at radius 3 is 1.92 bits per heavy atom. The van der Waals surface area contributed by atoms with E-state index in [0.717, 1.165) is 12.8 Å². The molecule has 3 heteroatoms. The second-order valence-electron chi connectivity index (χ2n) is 7.20. The van der Waals surface area contributed by atoms with Gasteiger partial charge in [0.15, 0.2) is 0 Å². The van der Waals surface area contributed by atoms with Gasteiger partial charge in [-0.1, -0.05) is 77.4 Å². The molecule has 0 aliphatic carbocycles. The average molecular weight is 354 g/mol. The van der Waals surface area contributed by atoms with Crippen LogP contribution in [0.5, 0.6) is 0 Å². The van der Waals surface area contributed by atoms with Crippen LogP contribution >= 0.6 is 0 Å². The molecular formula is C22H43NO2. The van der Waals surface area contributed by atoms with E-state index in [0.29, 0.717) is 19.4 Å². The average Bonchev–Trinajstić information content (AvgIpc) is 2.62. The van der Waals surface area contributed by atoms with Crippen molar-refractivity contribution in [3.05, 3.63) is 12.2 Å². The molecule has 3 nitrogen and oxygen atoms in total. The lowest BCUT2D eigenvalue weighted by molar-refractivity contribution is -0.121. The van der Waals surface area contributed by atoms with Gasteiger partial charge in [-0.05, 0) is 38.5 Å². The summed E-state index contributed by atoms with van der Waals surface area (Å²) in [5.74, 6) is 0.0742. The van der Waals surface area contributed by atoms with Crippen molar-refractivity contribution in [1.29, 1.82) is 0 Å². The van der Waals surface area contributed by atoms with E-state index in [1.807, 2.05) is 6.92 Å². The van der Waals surface area contributed by atoms with E-state index in [9.17, 15) is 9.90 Å². The van der Waals surface area contributed by atoms with Gasteiger partial charge >= 0.3 is 0 Å². The first-order chi connectivity index (χ1) is 12.2. The van der Waals surface area contributed by atoms with E-state index in [1.165, 1.54) is 70.6 Å². The fourth-order valence-electron chi connectivity index (χ4n) is 2.82. The van der Waals surface area contributed by atoms with Gasteiger partial charge in [-0.25, -0.2) is 0 Å². The normalized spacial score (nSPS) is 12.6. The summed E-state index contributed by atoms with van der Waals surface area (Å²) in [6, 6.07) is 0. The van der Waals surface area contributed by atoms with Crippen molar-refractivity contribution >= 4 is 5.91 Å². The number of rotatable bonds is 18. The number of carbonyl (C=O) groups excluding carboxylic acids is 1. The first-order valence-electron chi connectivity index (χ1n) is 10.8. The molecule has 1 amide bonds. The van der Waals surface area contributed by atoms with Gasteiger partial charge in [-0.2, -0.15) is 0 Å². The molecule has 0 spiro atoms. The fraction of sp³-hybridized carbons (Fsp3) is 0.864. The van der Waals surface area contributed by atoms with E-state index in [2.05, 4.69) is 24.4 Å². The molecule has 0 heterocycles. The highest BCUT2D eigenvalue weighted by Crippen LogP contribution is 2.09. The van der Waals surface area contributed by atoms with E-state index >= 15 is 0 Å². The first kappa shape index (κ1) is 24.2. The molecule has 1 unspecified atom stereocenters. The first-order valence-corrected chi connectivity index (χ1v) is 10.8. The molecule has 0 fully saturated rings. The maximum Gasteiger partial charge on any atom is 0.220 e. The van der Waals surface area contributed by atoms with Crippen LogP contribution in [-0.2, 0) is 4.79 Å². The Hall–Kier alpha value is -0.830. The molecule has 0 aromatic heterocycles. The predicted octanol–water partition coefficient (Wildman–Crippen LogP) is 5.91. The minimum Gasteiger partial charge on any atom is -0.391 e. The van der Waals surface area contributed by atoms with Crippen LogP contribution in [0, 0.1) is 0 Å². The molecule has 0 saturated carbocycles. The Labute approximate surface area is 156 Å². The van der Waals surface area contributed by atoms with Gasteiger partial charge in [0.25, 0.3) is 0 Å². The zero-order valence-corrected chi connectivity index (χ0v) is 16.9. The second kappa shape index (κ2) is 19.5. The number of amides is 1. The Kier molecular flexibility index (Phi) is 18.8. The highest BCUT2D eigenvalue weighted by Gasteiger charge is 2.04. The smallest absolute Gasteiger partial charge is 0.220 e. The summed E-state index contributed by atoms with van der Waals surface area (Å²) in [6.45, 7) is 4.57. The number of nitrogens with one attached hydrogen (secondary N) is 1. The summed E-state index contributed by atoms with van der Waals surface area (Å²) < 4.78 is 0. The number of carbonyl (C=O) groups is 1. The number of hydrogen-bond acceptors (Lipinski definition) is 2. The molecule has 0 radical (unpaired) electrons. The SMILES string of the molecule is CCCCCCCC/C=C\CCCCCCCC(=O)NCC(O)CC. The Morgan fingerprint density at radius 1 is 0.840 bits per heavy atom. The van der Waals surface area contributed by atoms with Crippen LogP contribution in [0.25, 0.3) is 0 Å². The molecule has 0 rings (SSSR count). The quantitative estimate of drug-likeness (QED) is 0.238. The van der Waals surface area contributed by atoms with Gasteiger partial charge in [-0.3, -0.25) is 4.79 Å². The van der Waals surface area contributed by atoms with E-state index < -0.39 is 6.10 Å². The Balaban J connectivity index is 3.22. The molecular weight excluding hydrogens is 310 g/mol. The lowest BCUT2D eigenvalue weighted by Gasteiger charge is -2.09. The molecule has 0 aliphatic rings. The van der Waals surface area contributed by atoms with Gasteiger partial charge < -0.3 is 10.4 Å². The number of aliphatic hydroxyl groups excluding tert-OH is 1. The summed E-state index contributed by atoms with van der Waals surface area (Å²) in [5.41, 5.74) is 0. The van der Waals surface area contributed by atoms with Gasteiger partial charge in [0.05, 0.1) is 6.10 Å². The van der Waals surface area contributed by atoms with E-state index in [4.69, 9.17) is 0 Å². The molecule has 2 N–H and O–H groups in total. The molecule has 0 saturated heterocycles. The zero-order chi connectivity index (χ0) is 18.6. The van der Waals surface area contributed by atoms with E-state index in [-0.39, 0.29) is 5.91 Å². The molecule has 0 bridgehead atoms. The monoisotopic (exact) mass is 353 g/mol. The van der Waals surface area contributed by atoms with Gasteiger partial charge in [-0.15, -0.1) is 0 Å². The molecule has 0 aliphatic heterocycles. The fourth-order valence-corrected chi connectivity index (χ4v) is 2.82. The topological polar surface area (TPSA) is 49.3 Å². The highest BCUT2D eigenvalue weighted by molar-refractivity contribution is 5.75. The lowest BCUT2D eigenvalue weighted by atomic mass is 10.1. The van der Waals surface area contributed by atoms with Crippen molar-refractivity contribution in [2.45, 2.75) is 116 Å². The molecule has 148 valence electrons. The van der Waals surface area contributed by atoms with Crippen LogP contribution in [0.4, 0.5) is 0 Å². The number of unbranched alkanes of at least 4 members (excludes halogenated alkanes) is 11. The van der Waals surface area contributed by atoms with Crippen molar-refractivity contribution < 1.29 is 9.90 Å². The van der Waals surface area contributed by atoms with Crippen LogP contribution in [-0.4, -0.2) is 23.7 Å². The van der Waals surface area contributed by atoms with Gasteiger partial charge in [0, 0.05) is 13.0 Å². The van der Waals surface area contributed by atoms with Crippen molar-refractivity contribution in [3.8, 4) is 0 Å². The highest BCUT2D eigenvalue weighted by atomic mass is 16.3.